The molecule has 16 heavy (non-hydrogen) atoms. The van der Waals surface area contributed by atoms with Crippen LogP contribution in [0, 0.1) is 0 Å². The van der Waals surface area contributed by atoms with Crippen molar-refractivity contribution < 1.29 is 8.91 Å². The van der Waals surface area contributed by atoms with Crippen molar-refractivity contribution in [1.29, 1.82) is 0 Å². The van der Waals surface area contributed by atoms with Gasteiger partial charge in [-0.3, -0.25) is 0 Å². The number of halogens is 1. The minimum atomic E-state index is -1.07. The smallest absolute Gasteiger partial charge is 0.240 e. The van der Waals surface area contributed by atoms with Crippen LogP contribution in [-0.2, 0) is 6.54 Å². The first-order chi connectivity index (χ1) is 7.72. The quantitative estimate of drug-likeness (QED) is 0.863. The maximum atomic E-state index is 13.4. The Morgan fingerprint density at radius 1 is 1.44 bits per heavy atom. The van der Waals surface area contributed by atoms with Gasteiger partial charge in [-0.2, -0.15) is 4.98 Å². The third-order valence-corrected chi connectivity index (χ3v) is 2.27. The molecule has 0 radical (unpaired) electrons. The van der Waals surface area contributed by atoms with E-state index in [9.17, 15) is 4.39 Å². The molecule has 4 nitrogen and oxygen atoms in total. The van der Waals surface area contributed by atoms with Crippen molar-refractivity contribution in [2.24, 2.45) is 5.73 Å². The van der Waals surface area contributed by atoms with E-state index in [0.717, 1.165) is 0 Å². The van der Waals surface area contributed by atoms with Crippen LogP contribution >= 0.6 is 0 Å². The number of hydrogen-bond donors (Lipinski definition) is 1. The molecular weight excluding hydrogens is 209 g/mol. The standard InChI is InChI=1S/C11H12FN3O/c1-7(12)8-4-2-3-5-9(8)11-14-10(6-13)16-15-11/h2-5,7H,6,13H2,1H3. The SMILES string of the molecule is CC(F)c1ccccc1-c1noc(CN)n1. The van der Waals surface area contributed by atoms with E-state index in [-0.39, 0.29) is 6.54 Å². The molecule has 0 aliphatic carbocycles. The van der Waals surface area contributed by atoms with Crippen LogP contribution in [0.4, 0.5) is 4.39 Å². The minimum Gasteiger partial charge on any atom is -0.338 e. The van der Waals surface area contributed by atoms with Gasteiger partial charge < -0.3 is 10.3 Å². The highest BCUT2D eigenvalue weighted by Gasteiger charge is 2.14. The van der Waals surface area contributed by atoms with E-state index in [1.807, 2.05) is 0 Å². The lowest BCUT2D eigenvalue weighted by Crippen LogP contribution is -1.96. The largest absolute Gasteiger partial charge is 0.338 e. The van der Waals surface area contributed by atoms with Crippen molar-refractivity contribution in [2.75, 3.05) is 0 Å². The Labute approximate surface area is 92.3 Å². The summed E-state index contributed by atoms with van der Waals surface area (Å²) in [6, 6.07) is 7.05. The molecule has 2 rings (SSSR count). The van der Waals surface area contributed by atoms with Gasteiger partial charge in [0.15, 0.2) is 0 Å². The summed E-state index contributed by atoms with van der Waals surface area (Å²) >= 11 is 0. The molecule has 0 spiro atoms. The molecule has 1 unspecified atom stereocenters. The van der Waals surface area contributed by atoms with E-state index in [1.54, 1.807) is 24.3 Å². The molecular formula is C11H12FN3O. The van der Waals surface area contributed by atoms with Gasteiger partial charge in [0.05, 0.1) is 6.54 Å². The van der Waals surface area contributed by atoms with E-state index in [0.29, 0.717) is 22.8 Å². The first-order valence-electron chi connectivity index (χ1n) is 4.98. The number of nitrogens with two attached hydrogens (primary N) is 1. The second kappa shape index (κ2) is 4.40. The average molecular weight is 221 g/mol. The molecule has 0 aliphatic heterocycles. The summed E-state index contributed by atoms with van der Waals surface area (Å²) < 4.78 is 18.3. The Balaban J connectivity index is 2.46. The van der Waals surface area contributed by atoms with Crippen LogP contribution in [0.3, 0.4) is 0 Å². The molecule has 2 N–H and O–H groups in total. The van der Waals surface area contributed by atoms with Gasteiger partial charge in [0, 0.05) is 5.56 Å². The zero-order valence-electron chi connectivity index (χ0n) is 8.85. The summed E-state index contributed by atoms with van der Waals surface area (Å²) in [4.78, 5) is 4.07. The summed E-state index contributed by atoms with van der Waals surface area (Å²) in [5, 5.41) is 3.77. The number of alkyl halides is 1. The summed E-state index contributed by atoms with van der Waals surface area (Å²) in [6.07, 6.45) is -1.07. The molecule has 0 fully saturated rings. The Hall–Kier alpha value is -1.75. The molecule has 0 aliphatic rings. The maximum Gasteiger partial charge on any atom is 0.240 e. The van der Waals surface area contributed by atoms with Gasteiger partial charge in [-0.15, -0.1) is 0 Å². The van der Waals surface area contributed by atoms with Crippen LogP contribution in [0.1, 0.15) is 24.5 Å². The number of hydrogen-bond acceptors (Lipinski definition) is 4. The van der Waals surface area contributed by atoms with E-state index in [1.165, 1.54) is 6.92 Å². The monoisotopic (exact) mass is 221 g/mol. The second-order valence-electron chi connectivity index (χ2n) is 3.42. The number of rotatable bonds is 3. The lowest BCUT2D eigenvalue weighted by Gasteiger charge is -2.06. The van der Waals surface area contributed by atoms with Gasteiger partial charge in [-0.25, -0.2) is 4.39 Å². The number of aromatic nitrogens is 2. The number of benzene rings is 1. The lowest BCUT2D eigenvalue weighted by molar-refractivity contribution is 0.373. The van der Waals surface area contributed by atoms with Gasteiger partial charge in [0.25, 0.3) is 0 Å². The van der Waals surface area contributed by atoms with E-state index >= 15 is 0 Å². The van der Waals surface area contributed by atoms with Crippen LogP contribution in [0.15, 0.2) is 28.8 Å². The normalized spacial score (nSPS) is 12.7. The van der Waals surface area contributed by atoms with E-state index < -0.39 is 6.17 Å². The highest BCUT2D eigenvalue weighted by Crippen LogP contribution is 2.27. The fraction of sp³-hybridized carbons (Fsp3) is 0.273. The van der Waals surface area contributed by atoms with E-state index in [2.05, 4.69) is 10.1 Å². The second-order valence-corrected chi connectivity index (χ2v) is 3.42. The molecule has 0 saturated heterocycles. The Bertz CT molecular complexity index is 482. The highest BCUT2D eigenvalue weighted by molar-refractivity contribution is 5.60. The fourth-order valence-electron chi connectivity index (χ4n) is 1.49. The van der Waals surface area contributed by atoms with Gasteiger partial charge in [0.1, 0.15) is 6.17 Å². The lowest BCUT2D eigenvalue weighted by atomic mass is 10.0. The molecule has 5 heteroatoms. The van der Waals surface area contributed by atoms with Crippen molar-refractivity contribution >= 4 is 0 Å². The Kier molecular flexibility index (Phi) is 2.96. The van der Waals surface area contributed by atoms with Gasteiger partial charge in [-0.05, 0) is 12.5 Å². The third kappa shape index (κ3) is 1.94. The van der Waals surface area contributed by atoms with Crippen molar-refractivity contribution in [3.63, 3.8) is 0 Å². The molecule has 1 heterocycles. The van der Waals surface area contributed by atoms with Crippen LogP contribution in [0.5, 0.6) is 0 Å². The predicted octanol–water partition coefficient (Wildman–Crippen LogP) is 2.23. The first kappa shape index (κ1) is 10.8. The average Bonchev–Trinajstić information content (AvgIpc) is 2.77. The van der Waals surface area contributed by atoms with Gasteiger partial charge >= 0.3 is 0 Å². The molecule has 0 saturated carbocycles. The van der Waals surface area contributed by atoms with Gasteiger partial charge in [-0.1, -0.05) is 29.4 Å². The minimum absolute atomic E-state index is 0.181. The first-order valence-corrected chi connectivity index (χ1v) is 4.98. The van der Waals surface area contributed by atoms with Crippen molar-refractivity contribution in [2.45, 2.75) is 19.6 Å². The Morgan fingerprint density at radius 2 is 2.19 bits per heavy atom. The van der Waals surface area contributed by atoms with Crippen LogP contribution < -0.4 is 5.73 Å². The van der Waals surface area contributed by atoms with Crippen LogP contribution in [0.25, 0.3) is 11.4 Å². The maximum absolute atomic E-state index is 13.4. The molecule has 0 bridgehead atoms. The van der Waals surface area contributed by atoms with Crippen molar-refractivity contribution in [1.82, 2.24) is 10.1 Å². The fourth-order valence-corrected chi connectivity index (χ4v) is 1.49. The summed E-state index contributed by atoms with van der Waals surface area (Å²) in [6.45, 7) is 1.66. The van der Waals surface area contributed by atoms with E-state index in [4.69, 9.17) is 10.3 Å². The Morgan fingerprint density at radius 3 is 2.81 bits per heavy atom. The van der Waals surface area contributed by atoms with Crippen LogP contribution in [-0.4, -0.2) is 10.1 Å². The summed E-state index contributed by atoms with van der Waals surface area (Å²) in [5.74, 6) is 0.719. The van der Waals surface area contributed by atoms with Crippen LogP contribution in [0.2, 0.25) is 0 Å². The molecule has 2 aromatic rings. The number of nitrogens with zero attached hydrogens (tertiary/aromatic N) is 2. The van der Waals surface area contributed by atoms with Gasteiger partial charge in [0.2, 0.25) is 11.7 Å². The molecule has 84 valence electrons. The molecule has 0 amide bonds. The molecule has 1 aromatic heterocycles. The molecule has 1 aromatic carbocycles. The summed E-state index contributed by atoms with van der Waals surface area (Å²) in [7, 11) is 0. The zero-order valence-corrected chi connectivity index (χ0v) is 8.85. The third-order valence-electron chi connectivity index (χ3n) is 2.27. The molecule has 1 atom stereocenters. The zero-order chi connectivity index (χ0) is 11.5. The van der Waals surface area contributed by atoms with Crippen molar-refractivity contribution in [3.05, 3.63) is 35.7 Å². The predicted molar refractivity (Wildman–Crippen MR) is 57.1 cm³/mol. The summed E-state index contributed by atoms with van der Waals surface area (Å²) in [5.41, 5.74) is 6.56. The topological polar surface area (TPSA) is 64.9 Å². The van der Waals surface area contributed by atoms with Crippen molar-refractivity contribution in [3.8, 4) is 11.4 Å². The highest BCUT2D eigenvalue weighted by atomic mass is 19.1.